The lowest BCUT2D eigenvalue weighted by Crippen LogP contribution is -2.40. The van der Waals surface area contributed by atoms with Crippen LogP contribution < -0.4 is 5.73 Å². The van der Waals surface area contributed by atoms with Gasteiger partial charge in [-0.2, -0.15) is 4.31 Å². The maximum Gasteiger partial charge on any atom is 0.244 e. The van der Waals surface area contributed by atoms with Crippen molar-refractivity contribution in [2.75, 3.05) is 33.7 Å². The van der Waals surface area contributed by atoms with Crippen LogP contribution in [0.3, 0.4) is 0 Å². The Morgan fingerprint density at radius 3 is 2.52 bits per heavy atom. The first-order chi connectivity index (χ1) is 9.86. The fraction of sp³-hybridized carbons (Fsp3) is 0.714. The molecule has 2 N–H and O–H groups in total. The highest BCUT2D eigenvalue weighted by Gasteiger charge is 2.32. The van der Waals surface area contributed by atoms with E-state index in [1.807, 2.05) is 12.3 Å². The quantitative estimate of drug-likeness (QED) is 0.887. The van der Waals surface area contributed by atoms with Crippen molar-refractivity contribution in [3.8, 4) is 0 Å². The third-order valence-electron chi connectivity index (χ3n) is 3.97. The summed E-state index contributed by atoms with van der Waals surface area (Å²) in [6, 6.07) is 0. The first-order valence-electron chi connectivity index (χ1n) is 7.28. The Bertz CT molecular complexity index is 573. The summed E-state index contributed by atoms with van der Waals surface area (Å²) in [5.41, 5.74) is 6.50. The summed E-state index contributed by atoms with van der Waals surface area (Å²) in [6.45, 7) is 4.38. The Labute approximate surface area is 131 Å². The molecule has 0 spiro atoms. The first-order valence-corrected chi connectivity index (χ1v) is 9.60. The largest absolute Gasteiger partial charge is 0.326 e. The molecule has 2 heterocycles. The van der Waals surface area contributed by atoms with E-state index in [4.69, 9.17) is 5.73 Å². The lowest BCUT2D eigenvalue weighted by molar-refractivity contribution is 0.225. The van der Waals surface area contributed by atoms with Crippen LogP contribution in [0.2, 0.25) is 0 Å². The molecular weight excluding hydrogens is 306 g/mol. The minimum absolute atomic E-state index is 0.282. The Morgan fingerprint density at radius 1 is 1.38 bits per heavy atom. The van der Waals surface area contributed by atoms with Crippen LogP contribution in [0, 0.1) is 12.8 Å². The molecule has 1 aromatic heterocycles. The van der Waals surface area contributed by atoms with Gasteiger partial charge in [0.1, 0.15) is 4.90 Å². The highest BCUT2D eigenvalue weighted by atomic mass is 32.2. The summed E-state index contributed by atoms with van der Waals surface area (Å²) in [7, 11) is 0.728. The Morgan fingerprint density at radius 2 is 2.00 bits per heavy atom. The van der Waals surface area contributed by atoms with Gasteiger partial charge in [0.05, 0.1) is 0 Å². The van der Waals surface area contributed by atoms with Crippen molar-refractivity contribution >= 4 is 21.4 Å². The number of hydrogen-bond acceptors (Lipinski definition) is 5. The number of sulfonamides is 1. The molecule has 0 atom stereocenters. The molecule has 1 aliphatic rings. The summed E-state index contributed by atoms with van der Waals surface area (Å²) >= 11 is 1.44. The molecule has 5 nitrogen and oxygen atoms in total. The highest BCUT2D eigenvalue weighted by molar-refractivity contribution is 7.89. The number of piperidine rings is 1. The molecule has 7 heteroatoms. The van der Waals surface area contributed by atoms with Gasteiger partial charge in [0, 0.05) is 31.1 Å². The van der Waals surface area contributed by atoms with E-state index in [9.17, 15) is 8.42 Å². The summed E-state index contributed by atoms with van der Waals surface area (Å²) < 4.78 is 27.3. The van der Waals surface area contributed by atoms with Crippen LogP contribution in [0.15, 0.2) is 10.3 Å². The molecule has 0 aliphatic carbocycles. The Balaban J connectivity index is 2.13. The van der Waals surface area contributed by atoms with Crippen molar-refractivity contribution < 1.29 is 8.42 Å². The van der Waals surface area contributed by atoms with Gasteiger partial charge in [0.2, 0.25) is 10.0 Å². The molecule has 2 rings (SSSR count). The van der Waals surface area contributed by atoms with E-state index >= 15 is 0 Å². The summed E-state index contributed by atoms with van der Waals surface area (Å²) in [6.07, 6.45) is 1.86. The molecule has 0 saturated carbocycles. The Hall–Kier alpha value is -0.470. The molecule has 1 saturated heterocycles. The second-order valence-electron chi connectivity index (χ2n) is 5.98. The van der Waals surface area contributed by atoms with Gasteiger partial charge in [-0.15, -0.1) is 11.3 Å². The van der Waals surface area contributed by atoms with E-state index in [2.05, 4.69) is 19.0 Å². The van der Waals surface area contributed by atoms with Crippen LogP contribution in [0.25, 0.3) is 0 Å². The maximum atomic E-state index is 12.8. The number of rotatable bonds is 5. The van der Waals surface area contributed by atoms with Crippen molar-refractivity contribution in [2.45, 2.75) is 31.2 Å². The average molecular weight is 332 g/mol. The zero-order valence-electron chi connectivity index (χ0n) is 13.0. The van der Waals surface area contributed by atoms with Crippen molar-refractivity contribution in [3.63, 3.8) is 0 Å². The van der Waals surface area contributed by atoms with Crippen molar-refractivity contribution in [3.05, 3.63) is 15.8 Å². The van der Waals surface area contributed by atoms with E-state index in [1.165, 1.54) is 11.3 Å². The zero-order valence-corrected chi connectivity index (χ0v) is 14.6. The number of nitrogens with two attached hydrogens (primary N) is 1. The third-order valence-corrected chi connectivity index (χ3v) is 7.35. The van der Waals surface area contributed by atoms with Crippen LogP contribution in [0.5, 0.6) is 0 Å². The molecule has 1 aliphatic heterocycles. The topological polar surface area (TPSA) is 66.6 Å². The number of nitrogens with zero attached hydrogens (tertiary/aromatic N) is 2. The molecule has 0 amide bonds. The summed E-state index contributed by atoms with van der Waals surface area (Å²) in [5.74, 6) is 0.587. The second kappa shape index (κ2) is 6.75. The van der Waals surface area contributed by atoms with E-state index in [-0.39, 0.29) is 6.54 Å². The maximum absolute atomic E-state index is 12.8. The molecule has 0 aromatic carbocycles. The van der Waals surface area contributed by atoms with Gasteiger partial charge in [-0.1, -0.05) is 0 Å². The predicted octanol–water partition coefficient (Wildman–Crippen LogP) is 1.48. The molecule has 21 heavy (non-hydrogen) atoms. The standard InChI is InChI=1S/C14H25N3O2S2/c1-11-10-20-13(8-15)14(11)21(18,19)17-6-4-12(5-7-17)9-16(2)3/h10,12H,4-9,15H2,1-3H3. The Kier molecular flexibility index (Phi) is 5.43. The smallest absolute Gasteiger partial charge is 0.244 e. The van der Waals surface area contributed by atoms with Crippen LogP contribution >= 0.6 is 11.3 Å². The number of aryl methyl sites for hydroxylation is 1. The minimum Gasteiger partial charge on any atom is -0.326 e. The van der Waals surface area contributed by atoms with Gasteiger partial charge in [0.15, 0.2) is 0 Å². The van der Waals surface area contributed by atoms with Gasteiger partial charge >= 0.3 is 0 Å². The molecular formula is C14H25N3O2S2. The van der Waals surface area contributed by atoms with Gasteiger partial charge in [-0.05, 0) is 50.7 Å². The van der Waals surface area contributed by atoms with Crippen LogP contribution in [0.4, 0.5) is 0 Å². The van der Waals surface area contributed by atoms with Crippen LogP contribution in [0.1, 0.15) is 23.3 Å². The van der Waals surface area contributed by atoms with Gasteiger partial charge in [-0.3, -0.25) is 0 Å². The normalized spacial score (nSPS) is 18.5. The van der Waals surface area contributed by atoms with Gasteiger partial charge in [0.25, 0.3) is 0 Å². The van der Waals surface area contributed by atoms with E-state index in [0.717, 1.165) is 29.8 Å². The monoisotopic (exact) mass is 331 g/mol. The predicted molar refractivity (Wildman–Crippen MR) is 87.0 cm³/mol. The molecule has 1 aromatic rings. The molecule has 0 radical (unpaired) electrons. The molecule has 120 valence electrons. The summed E-state index contributed by atoms with van der Waals surface area (Å²) in [4.78, 5) is 3.38. The van der Waals surface area contributed by atoms with E-state index in [0.29, 0.717) is 23.9 Å². The van der Waals surface area contributed by atoms with E-state index < -0.39 is 10.0 Å². The highest BCUT2D eigenvalue weighted by Crippen LogP contribution is 2.31. The minimum atomic E-state index is -3.39. The third kappa shape index (κ3) is 3.65. The van der Waals surface area contributed by atoms with Crippen molar-refractivity contribution in [1.29, 1.82) is 0 Å². The first kappa shape index (κ1) is 16.9. The van der Waals surface area contributed by atoms with Gasteiger partial charge < -0.3 is 10.6 Å². The van der Waals surface area contributed by atoms with E-state index in [1.54, 1.807) is 4.31 Å². The average Bonchev–Trinajstić information content (AvgIpc) is 2.80. The number of thiophene rings is 1. The molecule has 1 fully saturated rings. The van der Waals surface area contributed by atoms with Crippen LogP contribution in [-0.4, -0.2) is 51.4 Å². The van der Waals surface area contributed by atoms with Gasteiger partial charge in [-0.25, -0.2) is 8.42 Å². The van der Waals surface area contributed by atoms with Crippen molar-refractivity contribution in [2.24, 2.45) is 11.7 Å². The SMILES string of the molecule is Cc1csc(CN)c1S(=O)(=O)N1CCC(CN(C)C)CC1. The fourth-order valence-corrected chi connectivity index (χ4v) is 6.07. The lowest BCUT2D eigenvalue weighted by atomic mass is 9.98. The number of hydrogen-bond donors (Lipinski definition) is 1. The lowest BCUT2D eigenvalue weighted by Gasteiger charge is -2.32. The fourth-order valence-electron chi connectivity index (χ4n) is 2.95. The zero-order chi connectivity index (χ0) is 15.6. The van der Waals surface area contributed by atoms with Crippen molar-refractivity contribution in [1.82, 2.24) is 9.21 Å². The molecule has 0 bridgehead atoms. The second-order valence-corrected chi connectivity index (χ2v) is 8.82. The van der Waals surface area contributed by atoms with Crippen LogP contribution in [-0.2, 0) is 16.6 Å². The molecule has 0 unspecified atom stereocenters. The summed E-state index contributed by atoms with van der Waals surface area (Å²) in [5, 5.41) is 1.88.